The minimum absolute atomic E-state index is 0.715. The summed E-state index contributed by atoms with van der Waals surface area (Å²) in [6.45, 7) is 2.03. The van der Waals surface area contributed by atoms with Crippen molar-refractivity contribution in [2.45, 2.75) is 25.6 Å². The zero-order chi connectivity index (χ0) is 12.1. The van der Waals surface area contributed by atoms with Gasteiger partial charge in [-0.05, 0) is 37.4 Å². The molecule has 0 radical (unpaired) electrons. The largest absolute Gasteiger partial charge is 0.309 e. The second-order valence-electron chi connectivity index (χ2n) is 4.95. The van der Waals surface area contributed by atoms with Crippen LogP contribution in [0.1, 0.15) is 17.5 Å². The fraction of sp³-hybridized carbons (Fsp3) is 0.571. The van der Waals surface area contributed by atoms with Crippen LogP contribution in [0.2, 0.25) is 0 Å². The predicted octanol–water partition coefficient (Wildman–Crippen LogP) is 2.34. The third-order valence-corrected chi connectivity index (χ3v) is 4.28. The molecule has 94 valence electrons. The second kappa shape index (κ2) is 6.43. The number of hydrogen-bond donors (Lipinski definition) is 1. The highest BCUT2D eigenvalue weighted by Crippen LogP contribution is 2.18. The summed E-state index contributed by atoms with van der Waals surface area (Å²) in [5, 5.41) is 3.67. The first-order chi connectivity index (χ1) is 8.25. The predicted molar refractivity (Wildman–Crippen MR) is 76.4 cm³/mol. The van der Waals surface area contributed by atoms with Gasteiger partial charge in [0.05, 0.1) is 0 Å². The van der Waals surface area contributed by atoms with Crippen molar-refractivity contribution in [3.63, 3.8) is 0 Å². The van der Waals surface area contributed by atoms with E-state index in [1.54, 1.807) is 0 Å². The average Bonchev–Trinajstić information content (AvgIpc) is 2.80. The molecule has 1 aromatic rings. The van der Waals surface area contributed by atoms with E-state index in [1.165, 1.54) is 29.1 Å². The van der Waals surface area contributed by atoms with Crippen molar-refractivity contribution in [1.29, 1.82) is 0 Å². The Balaban J connectivity index is 1.94. The number of nitrogens with zero attached hydrogens (tertiary/aromatic N) is 1. The van der Waals surface area contributed by atoms with Crippen LogP contribution in [-0.4, -0.2) is 36.5 Å². The van der Waals surface area contributed by atoms with Gasteiger partial charge in [-0.3, -0.25) is 0 Å². The van der Waals surface area contributed by atoms with Gasteiger partial charge in [0.2, 0.25) is 0 Å². The molecule has 0 saturated carbocycles. The Morgan fingerprint density at radius 3 is 2.71 bits per heavy atom. The van der Waals surface area contributed by atoms with Crippen molar-refractivity contribution >= 4 is 11.8 Å². The topological polar surface area (TPSA) is 15.3 Å². The van der Waals surface area contributed by atoms with Crippen LogP contribution < -0.4 is 5.32 Å². The van der Waals surface area contributed by atoms with Crippen molar-refractivity contribution in [3.8, 4) is 0 Å². The highest BCUT2D eigenvalue weighted by Gasteiger charge is 2.14. The van der Waals surface area contributed by atoms with E-state index < -0.39 is 0 Å². The van der Waals surface area contributed by atoms with Gasteiger partial charge in [-0.1, -0.05) is 24.3 Å². The van der Waals surface area contributed by atoms with Crippen molar-refractivity contribution < 1.29 is 0 Å². The smallest absolute Gasteiger partial charge is 0.0230 e. The molecule has 0 amide bonds. The summed E-state index contributed by atoms with van der Waals surface area (Å²) >= 11 is 2.06. The average molecular weight is 250 g/mol. The van der Waals surface area contributed by atoms with Gasteiger partial charge in [0.25, 0.3) is 0 Å². The molecule has 1 aromatic carbocycles. The normalized spacial score (nSPS) is 20.1. The molecule has 2 rings (SSSR count). The van der Waals surface area contributed by atoms with Crippen LogP contribution in [0.3, 0.4) is 0 Å². The maximum absolute atomic E-state index is 3.67. The first-order valence-electron chi connectivity index (χ1n) is 6.28. The van der Waals surface area contributed by atoms with Crippen LogP contribution in [0.15, 0.2) is 24.3 Å². The van der Waals surface area contributed by atoms with E-state index >= 15 is 0 Å². The number of thioether (sulfide) groups is 1. The molecule has 3 heteroatoms. The molecule has 1 fully saturated rings. The SMILES string of the molecule is CN(C)Cc1ccccc1CNC1CCSC1. The Kier molecular flexibility index (Phi) is 4.89. The molecule has 0 aromatic heterocycles. The van der Waals surface area contributed by atoms with Gasteiger partial charge in [-0.25, -0.2) is 0 Å². The number of rotatable bonds is 5. The van der Waals surface area contributed by atoms with Gasteiger partial charge >= 0.3 is 0 Å². The lowest BCUT2D eigenvalue weighted by atomic mass is 10.1. The van der Waals surface area contributed by atoms with Gasteiger partial charge in [0, 0.05) is 24.9 Å². The summed E-state index contributed by atoms with van der Waals surface area (Å²) in [6, 6.07) is 9.47. The van der Waals surface area contributed by atoms with Gasteiger partial charge in [0.1, 0.15) is 0 Å². The molecular weight excluding hydrogens is 228 g/mol. The highest BCUT2D eigenvalue weighted by molar-refractivity contribution is 7.99. The molecule has 1 aliphatic heterocycles. The monoisotopic (exact) mass is 250 g/mol. The van der Waals surface area contributed by atoms with Crippen LogP contribution in [0.5, 0.6) is 0 Å². The Labute approximate surface area is 109 Å². The molecular formula is C14H22N2S. The fourth-order valence-electron chi connectivity index (χ4n) is 2.17. The molecule has 1 N–H and O–H groups in total. The molecule has 1 unspecified atom stereocenters. The summed E-state index contributed by atoms with van der Waals surface area (Å²) in [4.78, 5) is 2.23. The Hall–Kier alpha value is -0.510. The van der Waals surface area contributed by atoms with E-state index in [-0.39, 0.29) is 0 Å². The van der Waals surface area contributed by atoms with Gasteiger partial charge in [-0.2, -0.15) is 11.8 Å². The maximum atomic E-state index is 3.67. The molecule has 1 saturated heterocycles. The third kappa shape index (κ3) is 4.02. The lowest BCUT2D eigenvalue weighted by molar-refractivity contribution is 0.399. The van der Waals surface area contributed by atoms with Crippen LogP contribution in [0, 0.1) is 0 Å². The van der Waals surface area contributed by atoms with Crippen LogP contribution in [-0.2, 0) is 13.1 Å². The number of nitrogens with one attached hydrogen (secondary N) is 1. The van der Waals surface area contributed by atoms with E-state index in [0.29, 0.717) is 6.04 Å². The Morgan fingerprint density at radius 1 is 1.29 bits per heavy atom. The van der Waals surface area contributed by atoms with E-state index in [0.717, 1.165) is 13.1 Å². The first-order valence-corrected chi connectivity index (χ1v) is 7.44. The standard InChI is InChI=1S/C14H22N2S/c1-16(2)10-13-6-4-3-5-12(13)9-15-14-7-8-17-11-14/h3-6,14-15H,7-11H2,1-2H3. The van der Waals surface area contributed by atoms with E-state index in [2.05, 4.69) is 60.3 Å². The van der Waals surface area contributed by atoms with Crippen LogP contribution in [0.4, 0.5) is 0 Å². The third-order valence-electron chi connectivity index (χ3n) is 3.12. The lowest BCUT2D eigenvalue weighted by Crippen LogP contribution is -2.28. The molecule has 1 heterocycles. The molecule has 17 heavy (non-hydrogen) atoms. The number of hydrogen-bond acceptors (Lipinski definition) is 3. The lowest BCUT2D eigenvalue weighted by Gasteiger charge is -2.16. The Bertz CT molecular complexity index is 346. The molecule has 2 nitrogen and oxygen atoms in total. The van der Waals surface area contributed by atoms with Crippen molar-refractivity contribution in [2.24, 2.45) is 0 Å². The molecule has 1 atom stereocenters. The quantitative estimate of drug-likeness (QED) is 0.863. The van der Waals surface area contributed by atoms with Gasteiger partial charge in [-0.15, -0.1) is 0 Å². The molecule has 0 spiro atoms. The second-order valence-corrected chi connectivity index (χ2v) is 6.10. The first kappa shape index (κ1) is 12.9. The fourth-order valence-corrected chi connectivity index (χ4v) is 3.36. The minimum Gasteiger partial charge on any atom is -0.309 e. The van der Waals surface area contributed by atoms with Crippen LogP contribution >= 0.6 is 11.8 Å². The van der Waals surface area contributed by atoms with E-state index in [9.17, 15) is 0 Å². The molecule has 0 bridgehead atoms. The zero-order valence-electron chi connectivity index (χ0n) is 10.8. The number of benzene rings is 1. The maximum Gasteiger partial charge on any atom is 0.0230 e. The highest BCUT2D eigenvalue weighted by atomic mass is 32.2. The summed E-state index contributed by atoms with van der Waals surface area (Å²) in [7, 11) is 4.25. The summed E-state index contributed by atoms with van der Waals surface area (Å²) in [5.41, 5.74) is 2.88. The molecule has 0 aliphatic carbocycles. The van der Waals surface area contributed by atoms with Crippen molar-refractivity contribution in [2.75, 3.05) is 25.6 Å². The van der Waals surface area contributed by atoms with Gasteiger partial charge < -0.3 is 10.2 Å². The summed E-state index contributed by atoms with van der Waals surface area (Å²) < 4.78 is 0. The van der Waals surface area contributed by atoms with E-state index in [1.807, 2.05) is 0 Å². The molecule has 1 aliphatic rings. The minimum atomic E-state index is 0.715. The van der Waals surface area contributed by atoms with Gasteiger partial charge in [0.15, 0.2) is 0 Å². The van der Waals surface area contributed by atoms with Crippen LogP contribution in [0.25, 0.3) is 0 Å². The Morgan fingerprint density at radius 2 is 2.06 bits per heavy atom. The van der Waals surface area contributed by atoms with Crippen molar-refractivity contribution in [3.05, 3.63) is 35.4 Å². The van der Waals surface area contributed by atoms with Crippen molar-refractivity contribution in [1.82, 2.24) is 10.2 Å². The summed E-state index contributed by atoms with van der Waals surface area (Å²) in [5.74, 6) is 2.59. The summed E-state index contributed by atoms with van der Waals surface area (Å²) in [6.07, 6.45) is 1.32. The zero-order valence-corrected chi connectivity index (χ0v) is 11.6. The van der Waals surface area contributed by atoms with E-state index in [4.69, 9.17) is 0 Å².